The predicted octanol–water partition coefficient (Wildman–Crippen LogP) is 3.71. The van der Waals surface area contributed by atoms with Crippen LogP contribution >= 0.6 is 0 Å². The van der Waals surface area contributed by atoms with Crippen molar-refractivity contribution in [3.05, 3.63) is 36.0 Å². The zero-order valence-electron chi connectivity index (χ0n) is 12.5. The Morgan fingerprint density at radius 3 is 2.43 bits per heavy atom. The Bertz CT molecular complexity index is 653. The molecule has 2 rings (SSSR count). The van der Waals surface area contributed by atoms with E-state index in [-0.39, 0.29) is 6.04 Å². The van der Waals surface area contributed by atoms with Crippen molar-refractivity contribution < 1.29 is 9.47 Å². The number of nitriles is 1. The number of hydrogen-bond acceptors (Lipinski definition) is 4. The highest BCUT2D eigenvalue weighted by atomic mass is 16.5. The molecule has 0 unspecified atom stereocenters. The van der Waals surface area contributed by atoms with Crippen LogP contribution in [0, 0.1) is 11.3 Å². The van der Waals surface area contributed by atoms with Gasteiger partial charge in [-0.25, -0.2) is 0 Å². The van der Waals surface area contributed by atoms with Crippen LogP contribution in [0.15, 0.2) is 30.3 Å². The monoisotopic (exact) mass is 285 g/mol. The average molecular weight is 285 g/mol. The second-order valence-electron chi connectivity index (χ2n) is 4.81. The molecule has 0 spiro atoms. The maximum Gasteiger partial charge on any atom is 0.224 e. The molecule has 1 aromatic carbocycles. The molecule has 0 bridgehead atoms. The van der Waals surface area contributed by atoms with Crippen LogP contribution in [-0.4, -0.2) is 11.7 Å². The first-order valence-corrected chi connectivity index (χ1v) is 6.83. The summed E-state index contributed by atoms with van der Waals surface area (Å²) in [4.78, 5) is 0. The lowest BCUT2D eigenvalue weighted by Crippen LogP contribution is -2.08. The summed E-state index contributed by atoms with van der Waals surface area (Å²) in [6.45, 7) is 4.08. The third kappa shape index (κ3) is 2.95. The lowest BCUT2D eigenvalue weighted by molar-refractivity contribution is 0.394. The molecule has 1 atom stereocenters. The second-order valence-corrected chi connectivity index (χ2v) is 4.81. The van der Waals surface area contributed by atoms with Gasteiger partial charge in [-0.05, 0) is 37.6 Å². The first-order valence-electron chi connectivity index (χ1n) is 6.83. The summed E-state index contributed by atoms with van der Waals surface area (Å²) in [5, 5.41) is 9.24. The summed E-state index contributed by atoms with van der Waals surface area (Å²) < 4.78 is 12.8. The Kier molecular flexibility index (Phi) is 4.39. The molecule has 0 amide bonds. The van der Waals surface area contributed by atoms with Gasteiger partial charge in [0.25, 0.3) is 0 Å². The molecule has 1 heterocycles. The van der Waals surface area contributed by atoms with Crippen molar-refractivity contribution in [2.75, 3.05) is 12.8 Å². The minimum absolute atomic E-state index is 0.130. The standard InChI is InChI=1S/C16H19N3O2/c1-4-11(2)19-12(10-17)9-15(18)16(19)21-14-7-5-13(20-3)6-8-14/h5-9,11H,4,18H2,1-3H3/t11-/m0/s1. The van der Waals surface area contributed by atoms with Crippen molar-refractivity contribution >= 4 is 5.69 Å². The van der Waals surface area contributed by atoms with Crippen molar-refractivity contribution in [2.24, 2.45) is 0 Å². The molecule has 5 nitrogen and oxygen atoms in total. The van der Waals surface area contributed by atoms with Crippen LogP contribution < -0.4 is 15.2 Å². The van der Waals surface area contributed by atoms with Gasteiger partial charge < -0.3 is 15.2 Å². The van der Waals surface area contributed by atoms with Gasteiger partial charge in [0.1, 0.15) is 23.3 Å². The van der Waals surface area contributed by atoms with Gasteiger partial charge in [-0.2, -0.15) is 5.26 Å². The fourth-order valence-corrected chi connectivity index (χ4v) is 2.10. The molecule has 2 N–H and O–H groups in total. The zero-order valence-corrected chi connectivity index (χ0v) is 12.5. The molecule has 0 fully saturated rings. The third-order valence-electron chi connectivity index (χ3n) is 3.44. The zero-order chi connectivity index (χ0) is 15.4. The number of aromatic nitrogens is 1. The van der Waals surface area contributed by atoms with Gasteiger partial charge in [0, 0.05) is 12.1 Å². The third-order valence-corrected chi connectivity index (χ3v) is 3.44. The van der Waals surface area contributed by atoms with Gasteiger partial charge in [0.2, 0.25) is 5.88 Å². The summed E-state index contributed by atoms with van der Waals surface area (Å²) >= 11 is 0. The maximum absolute atomic E-state index is 9.24. The van der Waals surface area contributed by atoms with Crippen molar-refractivity contribution in [3.63, 3.8) is 0 Å². The molecule has 5 heteroatoms. The Labute approximate surface area is 124 Å². The van der Waals surface area contributed by atoms with Crippen LogP contribution in [0.2, 0.25) is 0 Å². The number of nitrogens with zero attached hydrogens (tertiary/aromatic N) is 2. The van der Waals surface area contributed by atoms with Crippen LogP contribution in [0.4, 0.5) is 5.69 Å². The van der Waals surface area contributed by atoms with Crippen LogP contribution in [0.5, 0.6) is 17.4 Å². The van der Waals surface area contributed by atoms with Crippen LogP contribution in [0.3, 0.4) is 0 Å². The van der Waals surface area contributed by atoms with E-state index >= 15 is 0 Å². The fourth-order valence-electron chi connectivity index (χ4n) is 2.10. The van der Waals surface area contributed by atoms with Crippen LogP contribution in [-0.2, 0) is 0 Å². The largest absolute Gasteiger partial charge is 0.497 e. The molecular weight excluding hydrogens is 266 g/mol. The predicted molar refractivity (Wildman–Crippen MR) is 81.6 cm³/mol. The van der Waals surface area contributed by atoms with E-state index < -0.39 is 0 Å². The maximum atomic E-state index is 9.24. The van der Waals surface area contributed by atoms with Crippen LogP contribution in [0.25, 0.3) is 0 Å². The first-order chi connectivity index (χ1) is 10.1. The van der Waals surface area contributed by atoms with Gasteiger partial charge in [-0.3, -0.25) is 4.57 Å². The van der Waals surface area contributed by atoms with Crippen molar-refractivity contribution in [3.8, 4) is 23.4 Å². The number of ether oxygens (including phenoxy) is 2. The van der Waals surface area contributed by atoms with E-state index in [1.54, 1.807) is 25.3 Å². The Morgan fingerprint density at radius 1 is 1.29 bits per heavy atom. The molecule has 1 aromatic heterocycles. The number of rotatable bonds is 5. The summed E-state index contributed by atoms with van der Waals surface area (Å²) in [5.74, 6) is 1.91. The van der Waals surface area contributed by atoms with Crippen molar-refractivity contribution in [2.45, 2.75) is 26.3 Å². The quantitative estimate of drug-likeness (QED) is 0.908. The number of nitrogen functional groups attached to an aromatic ring is 1. The number of hydrogen-bond donors (Lipinski definition) is 1. The van der Waals surface area contributed by atoms with Crippen molar-refractivity contribution in [1.82, 2.24) is 4.57 Å². The van der Waals surface area contributed by atoms with Gasteiger partial charge in [0.15, 0.2) is 0 Å². The molecule has 21 heavy (non-hydrogen) atoms. The second kappa shape index (κ2) is 6.23. The van der Waals surface area contributed by atoms with E-state index in [4.69, 9.17) is 15.2 Å². The van der Waals surface area contributed by atoms with Crippen molar-refractivity contribution in [1.29, 1.82) is 5.26 Å². The minimum atomic E-state index is 0.130. The Morgan fingerprint density at radius 2 is 1.90 bits per heavy atom. The van der Waals surface area contributed by atoms with E-state index in [0.29, 0.717) is 23.0 Å². The lowest BCUT2D eigenvalue weighted by atomic mass is 10.2. The molecule has 2 aromatic rings. The molecule has 0 aliphatic heterocycles. The summed E-state index contributed by atoms with van der Waals surface area (Å²) in [5.41, 5.74) is 6.96. The van der Waals surface area contributed by atoms with E-state index in [1.165, 1.54) is 0 Å². The number of benzene rings is 1. The van der Waals surface area contributed by atoms with Gasteiger partial charge in [-0.1, -0.05) is 6.92 Å². The first kappa shape index (κ1) is 14.8. The number of methoxy groups -OCH3 is 1. The van der Waals surface area contributed by atoms with E-state index in [9.17, 15) is 5.26 Å². The number of anilines is 1. The van der Waals surface area contributed by atoms with Gasteiger partial charge >= 0.3 is 0 Å². The summed E-state index contributed by atoms with van der Waals surface area (Å²) in [6.07, 6.45) is 0.877. The van der Waals surface area contributed by atoms with E-state index in [2.05, 4.69) is 13.0 Å². The Hall–Kier alpha value is -2.61. The van der Waals surface area contributed by atoms with Gasteiger partial charge in [-0.15, -0.1) is 0 Å². The normalized spacial score (nSPS) is 11.7. The van der Waals surface area contributed by atoms with Gasteiger partial charge in [0.05, 0.1) is 12.8 Å². The highest BCUT2D eigenvalue weighted by Gasteiger charge is 2.18. The van der Waals surface area contributed by atoms with E-state index in [0.717, 1.165) is 12.2 Å². The summed E-state index contributed by atoms with van der Waals surface area (Å²) in [6, 6.07) is 11.2. The smallest absolute Gasteiger partial charge is 0.224 e. The molecule has 0 saturated carbocycles. The highest BCUT2D eigenvalue weighted by molar-refractivity contribution is 5.56. The molecule has 0 aliphatic rings. The van der Waals surface area contributed by atoms with Crippen LogP contribution in [0.1, 0.15) is 32.0 Å². The lowest BCUT2D eigenvalue weighted by Gasteiger charge is -2.17. The highest BCUT2D eigenvalue weighted by Crippen LogP contribution is 2.35. The summed E-state index contributed by atoms with van der Waals surface area (Å²) in [7, 11) is 1.61. The molecule has 0 saturated heterocycles. The van der Waals surface area contributed by atoms with E-state index in [1.807, 2.05) is 23.6 Å². The SMILES string of the molecule is CC[C@H](C)n1c(C#N)cc(N)c1Oc1ccc(OC)cc1. The minimum Gasteiger partial charge on any atom is -0.497 e. The topological polar surface area (TPSA) is 73.2 Å². The average Bonchev–Trinajstić information content (AvgIpc) is 2.83. The fraction of sp³-hybridized carbons (Fsp3) is 0.312. The molecular formula is C16H19N3O2. The molecule has 0 aliphatic carbocycles. The molecule has 0 radical (unpaired) electrons. The number of nitrogens with two attached hydrogens (primary N) is 1. The molecule has 110 valence electrons. The Balaban J connectivity index is 2.38.